The molecule has 0 amide bonds. The molecule has 0 saturated carbocycles. The smallest absolute Gasteiger partial charge is 0.116 e. The number of fused-ring (bicyclic) bond motifs is 2. The summed E-state index contributed by atoms with van der Waals surface area (Å²) in [5, 5.41) is 13.3. The molecule has 0 fully saturated rings. The molecule has 3 N–H and O–H groups in total. The van der Waals surface area contributed by atoms with Gasteiger partial charge in [0.25, 0.3) is 0 Å². The number of allylic oxidation sites excluding steroid dienone is 1. The third kappa shape index (κ3) is 3.90. The van der Waals surface area contributed by atoms with E-state index in [0.29, 0.717) is 0 Å². The minimum Gasteiger partial charge on any atom is -0.358 e. The lowest BCUT2D eigenvalue weighted by molar-refractivity contribution is 1.11. The van der Waals surface area contributed by atoms with Crippen molar-refractivity contribution in [3.63, 3.8) is 0 Å². The van der Waals surface area contributed by atoms with E-state index in [1.807, 2.05) is 24.7 Å². The standard InChI is InChI=1S/C28H24N6S/c1-4-16(2)31-20-11-19(14-29-15-20)18-6-7-24-21(12-18)27(34-33-24)25-13-22-23(32-25)9-10-30-28(22)26-8-5-17(3)35-26/h5-15,31-32H,2,4H2,1,3H3,(H,33,34). The first-order valence-electron chi connectivity index (χ1n) is 11.5. The summed E-state index contributed by atoms with van der Waals surface area (Å²) >= 11 is 1.76. The summed E-state index contributed by atoms with van der Waals surface area (Å²) in [5.74, 6) is 0. The van der Waals surface area contributed by atoms with E-state index < -0.39 is 0 Å². The van der Waals surface area contributed by atoms with Crippen molar-refractivity contribution in [2.45, 2.75) is 20.3 Å². The highest BCUT2D eigenvalue weighted by molar-refractivity contribution is 7.15. The number of thiophene rings is 1. The molecule has 6 nitrogen and oxygen atoms in total. The van der Waals surface area contributed by atoms with E-state index >= 15 is 0 Å². The maximum Gasteiger partial charge on any atom is 0.116 e. The number of nitrogens with one attached hydrogen (secondary N) is 3. The van der Waals surface area contributed by atoms with Crippen molar-refractivity contribution in [1.82, 2.24) is 25.1 Å². The maximum absolute atomic E-state index is 4.68. The molecule has 0 aliphatic rings. The number of H-pyrrole nitrogens is 2. The number of pyridine rings is 2. The Balaban J connectivity index is 1.43. The summed E-state index contributed by atoms with van der Waals surface area (Å²) in [7, 11) is 0. The van der Waals surface area contributed by atoms with Crippen LogP contribution in [-0.4, -0.2) is 25.1 Å². The molecule has 0 saturated heterocycles. The van der Waals surface area contributed by atoms with Crippen LogP contribution in [0.2, 0.25) is 0 Å². The molecule has 5 heterocycles. The minimum absolute atomic E-state index is 0.863. The maximum atomic E-state index is 4.68. The second kappa shape index (κ2) is 8.52. The first-order chi connectivity index (χ1) is 17.1. The van der Waals surface area contributed by atoms with E-state index in [1.165, 1.54) is 9.75 Å². The highest BCUT2D eigenvalue weighted by Crippen LogP contribution is 2.36. The van der Waals surface area contributed by atoms with Gasteiger partial charge in [-0.25, -0.2) is 0 Å². The lowest BCUT2D eigenvalue weighted by atomic mass is 10.0. The predicted molar refractivity (Wildman–Crippen MR) is 146 cm³/mol. The van der Waals surface area contributed by atoms with Gasteiger partial charge in [-0.15, -0.1) is 11.3 Å². The molecule has 5 aromatic heterocycles. The second-order valence-electron chi connectivity index (χ2n) is 8.59. The van der Waals surface area contributed by atoms with Crippen molar-refractivity contribution >= 4 is 38.8 Å². The van der Waals surface area contributed by atoms with Gasteiger partial charge in [0.15, 0.2) is 0 Å². The molecule has 1 aromatic carbocycles. The van der Waals surface area contributed by atoms with Crippen molar-refractivity contribution in [2.24, 2.45) is 0 Å². The molecule has 6 rings (SSSR count). The molecular weight excluding hydrogens is 452 g/mol. The Kier molecular flexibility index (Phi) is 5.19. The number of benzene rings is 1. The summed E-state index contributed by atoms with van der Waals surface area (Å²) in [4.78, 5) is 15.1. The molecular formula is C28H24N6S. The Morgan fingerprint density at radius 3 is 2.69 bits per heavy atom. The Hall–Kier alpha value is -4.23. The summed E-state index contributed by atoms with van der Waals surface area (Å²) in [6, 6.07) is 16.8. The number of aromatic amines is 2. The summed E-state index contributed by atoms with van der Waals surface area (Å²) in [6.45, 7) is 8.23. The van der Waals surface area contributed by atoms with Crippen LogP contribution in [0.15, 0.2) is 79.4 Å². The van der Waals surface area contributed by atoms with Gasteiger partial charge in [-0.05, 0) is 61.4 Å². The van der Waals surface area contributed by atoms with E-state index in [2.05, 4.69) is 93.4 Å². The van der Waals surface area contributed by atoms with Gasteiger partial charge in [0.05, 0.1) is 33.7 Å². The number of rotatable bonds is 6. The first kappa shape index (κ1) is 21.3. The number of anilines is 1. The number of aryl methyl sites for hydroxylation is 1. The van der Waals surface area contributed by atoms with Gasteiger partial charge < -0.3 is 10.3 Å². The van der Waals surface area contributed by atoms with Crippen molar-refractivity contribution in [3.05, 3.63) is 84.3 Å². The monoisotopic (exact) mass is 476 g/mol. The fourth-order valence-corrected chi connectivity index (χ4v) is 5.18. The zero-order chi connectivity index (χ0) is 23.9. The number of aromatic nitrogens is 5. The van der Waals surface area contributed by atoms with Crippen LogP contribution in [0.5, 0.6) is 0 Å². The van der Waals surface area contributed by atoms with Crippen molar-refractivity contribution < 1.29 is 0 Å². The van der Waals surface area contributed by atoms with Crippen LogP contribution in [-0.2, 0) is 0 Å². The van der Waals surface area contributed by atoms with Crippen molar-refractivity contribution in [2.75, 3.05) is 5.32 Å². The SMILES string of the molecule is C=C(CC)Nc1cncc(-c2ccc3[nH]nc(-c4cc5c(-c6ccc(C)s6)nccc5[nH]4)c3c2)c1. The second-order valence-corrected chi connectivity index (χ2v) is 9.88. The van der Waals surface area contributed by atoms with E-state index in [0.717, 1.165) is 67.8 Å². The fourth-order valence-electron chi connectivity index (χ4n) is 4.30. The molecule has 0 spiro atoms. The van der Waals surface area contributed by atoms with Crippen LogP contribution in [0, 0.1) is 6.92 Å². The molecule has 0 unspecified atom stereocenters. The molecule has 0 aliphatic heterocycles. The molecule has 0 radical (unpaired) electrons. The third-order valence-electron chi connectivity index (χ3n) is 6.16. The zero-order valence-electron chi connectivity index (χ0n) is 19.5. The van der Waals surface area contributed by atoms with Gasteiger partial charge >= 0.3 is 0 Å². The molecule has 172 valence electrons. The lowest BCUT2D eigenvalue weighted by Gasteiger charge is -2.09. The van der Waals surface area contributed by atoms with Gasteiger partial charge in [-0.2, -0.15) is 5.10 Å². The summed E-state index contributed by atoms with van der Waals surface area (Å²) < 4.78 is 0. The number of nitrogens with zero attached hydrogens (tertiary/aromatic N) is 3. The zero-order valence-corrected chi connectivity index (χ0v) is 20.3. The van der Waals surface area contributed by atoms with Gasteiger partial charge in [-0.3, -0.25) is 15.1 Å². The van der Waals surface area contributed by atoms with E-state index in [4.69, 9.17) is 0 Å². The van der Waals surface area contributed by atoms with Gasteiger partial charge in [0, 0.05) is 44.8 Å². The quantitative estimate of drug-likeness (QED) is 0.232. The molecule has 0 aliphatic carbocycles. The van der Waals surface area contributed by atoms with E-state index in [1.54, 1.807) is 11.3 Å². The Labute approximate surface area is 206 Å². The Morgan fingerprint density at radius 2 is 1.86 bits per heavy atom. The topological polar surface area (TPSA) is 82.3 Å². The summed E-state index contributed by atoms with van der Waals surface area (Å²) in [5.41, 5.74) is 8.86. The van der Waals surface area contributed by atoms with E-state index in [-0.39, 0.29) is 0 Å². The van der Waals surface area contributed by atoms with Crippen LogP contribution in [0.25, 0.3) is 54.9 Å². The highest BCUT2D eigenvalue weighted by atomic mass is 32.1. The van der Waals surface area contributed by atoms with Gasteiger partial charge in [0.2, 0.25) is 0 Å². The molecule has 0 atom stereocenters. The highest BCUT2D eigenvalue weighted by Gasteiger charge is 2.15. The van der Waals surface area contributed by atoms with Gasteiger partial charge in [0.1, 0.15) is 5.69 Å². The molecule has 6 aromatic rings. The average Bonchev–Trinajstić information content (AvgIpc) is 3.61. The Bertz CT molecular complexity index is 1700. The van der Waals surface area contributed by atoms with Crippen LogP contribution in [0.1, 0.15) is 18.2 Å². The average molecular weight is 477 g/mol. The van der Waals surface area contributed by atoms with Crippen molar-refractivity contribution in [1.29, 1.82) is 0 Å². The third-order valence-corrected chi connectivity index (χ3v) is 7.17. The number of hydrogen-bond donors (Lipinski definition) is 3. The predicted octanol–water partition coefficient (Wildman–Crippen LogP) is 7.54. The van der Waals surface area contributed by atoms with Crippen LogP contribution in [0.3, 0.4) is 0 Å². The van der Waals surface area contributed by atoms with Crippen LogP contribution in [0.4, 0.5) is 5.69 Å². The fraction of sp³-hybridized carbons (Fsp3) is 0.107. The Morgan fingerprint density at radius 1 is 0.971 bits per heavy atom. The normalized spacial score (nSPS) is 11.4. The molecule has 35 heavy (non-hydrogen) atoms. The van der Waals surface area contributed by atoms with Gasteiger partial charge in [-0.1, -0.05) is 19.6 Å². The minimum atomic E-state index is 0.863. The molecule has 7 heteroatoms. The first-order valence-corrected chi connectivity index (χ1v) is 12.3. The number of hydrogen-bond acceptors (Lipinski definition) is 5. The van der Waals surface area contributed by atoms with Crippen LogP contribution < -0.4 is 5.32 Å². The van der Waals surface area contributed by atoms with Crippen LogP contribution >= 0.6 is 11.3 Å². The summed E-state index contributed by atoms with van der Waals surface area (Å²) in [6.07, 6.45) is 6.42. The van der Waals surface area contributed by atoms with Crippen molar-refractivity contribution in [3.8, 4) is 33.1 Å². The lowest BCUT2D eigenvalue weighted by Crippen LogP contribution is -1.97. The molecule has 0 bridgehead atoms. The largest absolute Gasteiger partial charge is 0.358 e. The van der Waals surface area contributed by atoms with E-state index in [9.17, 15) is 0 Å².